The van der Waals surface area contributed by atoms with Gasteiger partial charge in [0.25, 0.3) is 11.6 Å². The van der Waals surface area contributed by atoms with Crippen molar-refractivity contribution >= 4 is 34.9 Å². The molecule has 1 aliphatic rings. The highest BCUT2D eigenvalue weighted by Crippen LogP contribution is 2.28. The molecule has 1 fully saturated rings. The van der Waals surface area contributed by atoms with E-state index in [2.05, 4.69) is 5.32 Å². The highest BCUT2D eigenvalue weighted by molar-refractivity contribution is 6.31. The number of nitrogens with one attached hydrogen (secondary N) is 1. The molecule has 112 valence electrons. The van der Waals surface area contributed by atoms with Crippen LogP contribution in [0.5, 0.6) is 0 Å². The molecule has 1 N–H and O–H groups in total. The summed E-state index contributed by atoms with van der Waals surface area (Å²) >= 11 is 5.67. The van der Waals surface area contributed by atoms with E-state index >= 15 is 0 Å². The summed E-state index contributed by atoms with van der Waals surface area (Å²) in [6.45, 7) is -0.463. The molecule has 1 aromatic rings. The van der Waals surface area contributed by atoms with Crippen molar-refractivity contribution in [2.24, 2.45) is 5.92 Å². The number of carbonyl (C=O) groups is 2. The van der Waals surface area contributed by atoms with Crippen LogP contribution in [0.15, 0.2) is 18.2 Å². The van der Waals surface area contributed by atoms with E-state index in [9.17, 15) is 19.7 Å². The second kappa shape index (κ2) is 6.53. The fourth-order valence-corrected chi connectivity index (χ4v) is 2.01. The van der Waals surface area contributed by atoms with Crippen LogP contribution in [-0.2, 0) is 14.3 Å². The third kappa shape index (κ3) is 3.91. The summed E-state index contributed by atoms with van der Waals surface area (Å²) in [6.07, 6.45) is 2.55. The van der Waals surface area contributed by atoms with Crippen LogP contribution in [0.4, 0.5) is 11.4 Å². The normalized spacial score (nSPS) is 14.1. The van der Waals surface area contributed by atoms with Crippen molar-refractivity contribution in [2.45, 2.75) is 19.3 Å². The third-order valence-corrected chi connectivity index (χ3v) is 3.45. The minimum absolute atomic E-state index is 0.00842. The molecule has 1 saturated carbocycles. The number of nitrogens with zero attached hydrogens (tertiary/aromatic N) is 1. The third-order valence-electron chi connectivity index (χ3n) is 3.21. The van der Waals surface area contributed by atoms with Crippen LogP contribution in [0.2, 0.25) is 5.02 Å². The molecule has 7 nitrogen and oxygen atoms in total. The number of amides is 1. The molecule has 0 saturated heterocycles. The fraction of sp³-hybridized carbons (Fsp3) is 0.385. The first kappa shape index (κ1) is 15.2. The lowest BCUT2D eigenvalue weighted by atomic mass is 9.86. The van der Waals surface area contributed by atoms with E-state index in [1.165, 1.54) is 12.1 Å². The SMILES string of the molecule is O=C(COC(=O)C1CCC1)Nc1ccc(Cl)cc1[N+](=O)[O-]. The average molecular weight is 313 g/mol. The summed E-state index contributed by atoms with van der Waals surface area (Å²) in [7, 11) is 0. The smallest absolute Gasteiger partial charge is 0.309 e. The van der Waals surface area contributed by atoms with Gasteiger partial charge in [-0.15, -0.1) is 0 Å². The number of hydrogen-bond acceptors (Lipinski definition) is 5. The van der Waals surface area contributed by atoms with Crippen LogP contribution in [0.3, 0.4) is 0 Å². The maximum Gasteiger partial charge on any atom is 0.309 e. The van der Waals surface area contributed by atoms with Crippen molar-refractivity contribution in [3.8, 4) is 0 Å². The standard InChI is InChI=1S/C13H13ClN2O5/c14-9-4-5-10(11(6-9)16(19)20)15-12(17)7-21-13(18)8-2-1-3-8/h4-6,8H,1-3,7H2,(H,15,17). The van der Waals surface area contributed by atoms with Crippen molar-refractivity contribution < 1.29 is 19.2 Å². The highest BCUT2D eigenvalue weighted by Gasteiger charge is 2.27. The van der Waals surface area contributed by atoms with Gasteiger partial charge in [-0.05, 0) is 25.0 Å². The Morgan fingerprint density at radius 2 is 2.14 bits per heavy atom. The zero-order valence-electron chi connectivity index (χ0n) is 11.0. The number of ether oxygens (including phenoxy) is 1. The van der Waals surface area contributed by atoms with E-state index in [1.54, 1.807) is 0 Å². The maximum atomic E-state index is 11.7. The molecule has 1 aromatic carbocycles. The number of carbonyl (C=O) groups excluding carboxylic acids is 2. The summed E-state index contributed by atoms with van der Waals surface area (Å²) in [6, 6.07) is 3.88. The van der Waals surface area contributed by atoms with Gasteiger partial charge in [0.1, 0.15) is 5.69 Å². The topological polar surface area (TPSA) is 98.5 Å². The Morgan fingerprint density at radius 3 is 2.71 bits per heavy atom. The summed E-state index contributed by atoms with van der Waals surface area (Å²) in [4.78, 5) is 33.4. The predicted octanol–water partition coefficient (Wildman–Crippen LogP) is 2.53. The molecule has 0 bridgehead atoms. The Hall–Kier alpha value is -2.15. The number of benzene rings is 1. The van der Waals surface area contributed by atoms with Crippen molar-refractivity contribution in [3.05, 3.63) is 33.3 Å². The number of rotatable bonds is 5. The van der Waals surface area contributed by atoms with Crippen LogP contribution >= 0.6 is 11.6 Å². The first-order chi connectivity index (χ1) is 9.97. The number of anilines is 1. The maximum absolute atomic E-state index is 11.7. The van der Waals surface area contributed by atoms with Crippen LogP contribution < -0.4 is 5.32 Å². The first-order valence-corrected chi connectivity index (χ1v) is 6.75. The van der Waals surface area contributed by atoms with Crippen LogP contribution in [0.25, 0.3) is 0 Å². The molecule has 0 aliphatic heterocycles. The van der Waals surface area contributed by atoms with Crippen LogP contribution in [0.1, 0.15) is 19.3 Å². The highest BCUT2D eigenvalue weighted by atomic mass is 35.5. The molecular formula is C13H13ClN2O5. The Morgan fingerprint density at radius 1 is 1.43 bits per heavy atom. The van der Waals surface area contributed by atoms with Gasteiger partial charge in [-0.1, -0.05) is 18.0 Å². The quantitative estimate of drug-likeness (QED) is 0.511. The number of nitro benzene ring substituents is 1. The molecule has 0 aromatic heterocycles. The van der Waals surface area contributed by atoms with Gasteiger partial charge in [0.05, 0.1) is 10.8 Å². The van der Waals surface area contributed by atoms with Gasteiger partial charge in [-0.3, -0.25) is 19.7 Å². The second-order valence-corrected chi connectivity index (χ2v) is 5.14. The Balaban J connectivity index is 1.93. The molecule has 2 rings (SSSR count). The first-order valence-electron chi connectivity index (χ1n) is 6.38. The van der Waals surface area contributed by atoms with Gasteiger partial charge >= 0.3 is 5.97 Å². The molecule has 0 unspecified atom stereocenters. The monoisotopic (exact) mass is 312 g/mol. The van der Waals surface area contributed by atoms with Gasteiger partial charge < -0.3 is 10.1 Å². The number of nitro groups is 1. The van der Waals surface area contributed by atoms with Crippen molar-refractivity contribution in [1.29, 1.82) is 0 Å². The predicted molar refractivity (Wildman–Crippen MR) is 75.0 cm³/mol. The minimum atomic E-state index is -0.651. The lowest BCUT2D eigenvalue weighted by molar-refractivity contribution is -0.383. The van der Waals surface area contributed by atoms with Gasteiger partial charge in [-0.25, -0.2) is 0 Å². The van der Waals surface area contributed by atoms with Gasteiger partial charge in [0.2, 0.25) is 0 Å². The summed E-state index contributed by atoms with van der Waals surface area (Å²) < 4.78 is 4.86. The average Bonchev–Trinajstić information content (AvgIpc) is 2.36. The van der Waals surface area contributed by atoms with Crippen molar-refractivity contribution in [3.63, 3.8) is 0 Å². The molecule has 8 heteroatoms. The van der Waals surface area contributed by atoms with E-state index in [1.807, 2.05) is 0 Å². The summed E-state index contributed by atoms with van der Waals surface area (Å²) in [5.74, 6) is -1.15. The largest absolute Gasteiger partial charge is 0.455 e. The van der Waals surface area contributed by atoms with E-state index in [0.717, 1.165) is 25.3 Å². The number of esters is 1. The minimum Gasteiger partial charge on any atom is -0.455 e. The van der Waals surface area contributed by atoms with Crippen LogP contribution in [0, 0.1) is 16.0 Å². The number of hydrogen-bond donors (Lipinski definition) is 1. The molecule has 1 aliphatic carbocycles. The Labute approximate surface area is 125 Å². The Kier molecular flexibility index (Phi) is 4.74. The fourth-order valence-electron chi connectivity index (χ4n) is 1.85. The Bertz CT molecular complexity index is 586. The van der Waals surface area contributed by atoms with Crippen molar-refractivity contribution in [1.82, 2.24) is 0 Å². The molecule has 1 amide bonds. The van der Waals surface area contributed by atoms with Gasteiger partial charge in [0, 0.05) is 11.1 Å². The lowest BCUT2D eigenvalue weighted by Gasteiger charge is -2.22. The van der Waals surface area contributed by atoms with Crippen LogP contribution in [-0.4, -0.2) is 23.4 Å². The van der Waals surface area contributed by atoms with E-state index in [0.29, 0.717) is 0 Å². The van der Waals surface area contributed by atoms with Gasteiger partial charge in [0.15, 0.2) is 6.61 Å². The molecule has 0 atom stereocenters. The second-order valence-electron chi connectivity index (χ2n) is 4.70. The molecule has 0 spiro atoms. The molecule has 21 heavy (non-hydrogen) atoms. The number of halogens is 1. The van der Waals surface area contributed by atoms with E-state index in [4.69, 9.17) is 16.3 Å². The molecule has 0 heterocycles. The molecular weight excluding hydrogens is 300 g/mol. The lowest BCUT2D eigenvalue weighted by Crippen LogP contribution is -2.28. The molecule has 0 radical (unpaired) electrons. The van der Waals surface area contributed by atoms with E-state index < -0.39 is 23.4 Å². The summed E-state index contributed by atoms with van der Waals surface area (Å²) in [5.41, 5.74) is -0.310. The van der Waals surface area contributed by atoms with Gasteiger partial charge in [-0.2, -0.15) is 0 Å². The zero-order chi connectivity index (χ0) is 15.4. The zero-order valence-corrected chi connectivity index (χ0v) is 11.8. The summed E-state index contributed by atoms with van der Waals surface area (Å²) in [5, 5.41) is 13.4. The van der Waals surface area contributed by atoms with Crippen molar-refractivity contribution in [2.75, 3.05) is 11.9 Å². The van der Waals surface area contributed by atoms with E-state index in [-0.39, 0.29) is 22.3 Å².